The van der Waals surface area contributed by atoms with E-state index in [-0.39, 0.29) is 6.61 Å². The summed E-state index contributed by atoms with van der Waals surface area (Å²) in [6, 6.07) is 6.35. The molecule has 0 atom stereocenters. The molecule has 0 aliphatic rings. The number of hydrogen-bond donors (Lipinski definition) is 2. The van der Waals surface area contributed by atoms with Gasteiger partial charge in [-0.1, -0.05) is 19.9 Å². The van der Waals surface area contributed by atoms with Crippen LogP contribution >= 0.6 is 0 Å². The second-order valence-corrected chi connectivity index (χ2v) is 4.48. The minimum Gasteiger partial charge on any atom is -0.395 e. The van der Waals surface area contributed by atoms with Gasteiger partial charge in [-0.15, -0.1) is 0 Å². The highest BCUT2D eigenvalue weighted by Crippen LogP contribution is 2.15. The van der Waals surface area contributed by atoms with E-state index in [1.54, 1.807) is 0 Å². The van der Waals surface area contributed by atoms with Gasteiger partial charge in [0.2, 0.25) is 0 Å². The number of aliphatic hydroxyl groups is 1. The SMILES string of the molecule is CCc1ccc2nc(CN(CC)CCO)[nH]c2c1. The van der Waals surface area contributed by atoms with Gasteiger partial charge in [0.25, 0.3) is 0 Å². The Bertz CT molecular complexity index is 507. The molecule has 0 aliphatic carbocycles. The summed E-state index contributed by atoms with van der Waals surface area (Å²) >= 11 is 0. The van der Waals surface area contributed by atoms with Crippen molar-refractivity contribution >= 4 is 11.0 Å². The number of aryl methyl sites for hydroxylation is 1. The van der Waals surface area contributed by atoms with E-state index in [1.165, 1.54) is 5.56 Å². The molecule has 18 heavy (non-hydrogen) atoms. The number of benzene rings is 1. The van der Waals surface area contributed by atoms with Gasteiger partial charge in [-0.3, -0.25) is 4.90 Å². The summed E-state index contributed by atoms with van der Waals surface area (Å²) in [7, 11) is 0. The molecule has 2 aromatic rings. The van der Waals surface area contributed by atoms with Gasteiger partial charge in [0.15, 0.2) is 0 Å². The first kappa shape index (κ1) is 13.1. The number of fused-ring (bicyclic) bond motifs is 1. The van der Waals surface area contributed by atoms with Crippen molar-refractivity contribution in [2.45, 2.75) is 26.8 Å². The Balaban J connectivity index is 2.18. The number of aromatic amines is 1. The maximum atomic E-state index is 8.98. The summed E-state index contributed by atoms with van der Waals surface area (Å²) in [5.41, 5.74) is 3.44. The van der Waals surface area contributed by atoms with E-state index in [0.29, 0.717) is 6.54 Å². The molecule has 0 aliphatic heterocycles. The van der Waals surface area contributed by atoms with Crippen LogP contribution in [0.15, 0.2) is 18.2 Å². The lowest BCUT2D eigenvalue weighted by Crippen LogP contribution is -2.26. The average Bonchev–Trinajstić information content (AvgIpc) is 2.79. The molecular formula is C14H21N3O. The molecule has 98 valence electrons. The normalized spacial score (nSPS) is 11.6. The number of likely N-dealkylation sites (N-methyl/N-ethyl adjacent to an activating group) is 1. The zero-order valence-electron chi connectivity index (χ0n) is 11.1. The van der Waals surface area contributed by atoms with E-state index in [2.05, 4.69) is 46.9 Å². The summed E-state index contributed by atoms with van der Waals surface area (Å²) in [5, 5.41) is 8.98. The molecule has 0 fully saturated rings. The Labute approximate surface area is 108 Å². The van der Waals surface area contributed by atoms with Crippen molar-refractivity contribution in [1.29, 1.82) is 0 Å². The molecule has 0 radical (unpaired) electrons. The van der Waals surface area contributed by atoms with E-state index >= 15 is 0 Å². The van der Waals surface area contributed by atoms with Gasteiger partial charge in [0, 0.05) is 6.54 Å². The summed E-state index contributed by atoms with van der Waals surface area (Å²) < 4.78 is 0. The maximum absolute atomic E-state index is 8.98. The van der Waals surface area contributed by atoms with Gasteiger partial charge >= 0.3 is 0 Å². The van der Waals surface area contributed by atoms with Crippen molar-refractivity contribution < 1.29 is 5.11 Å². The summed E-state index contributed by atoms with van der Waals surface area (Å²) in [6.07, 6.45) is 1.04. The third-order valence-electron chi connectivity index (χ3n) is 3.24. The monoisotopic (exact) mass is 247 g/mol. The quantitative estimate of drug-likeness (QED) is 0.820. The predicted molar refractivity (Wildman–Crippen MR) is 73.5 cm³/mol. The molecule has 4 nitrogen and oxygen atoms in total. The van der Waals surface area contributed by atoms with Crippen LogP contribution in [-0.2, 0) is 13.0 Å². The highest BCUT2D eigenvalue weighted by atomic mass is 16.3. The molecule has 0 spiro atoms. The third-order valence-corrected chi connectivity index (χ3v) is 3.24. The Kier molecular flexibility index (Phi) is 4.33. The number of hydrogen-bond acceptors (Lipinski definition) is 3. The number of nitrogens with zero attached hydrogens (tertiary/aromatic N) is 2. The number of rotatable bonds is 6. The zero-order chi connectivity index (χ0) is 13.0. The lowest BCUT2D eigenvalue weighted by atomic mass is 10.1. The van der Waals surface area contributed by atoms with Crippen molar-refractivity contribution in [3.63, 3.8) is 0 Å². The Morgan fingerprint density at radius 3 is 2.83 bits per heavy atom. The lowest BCUT2D eigenvalue weighted by Gasteiger charge is -2.16. The Morgan fingerprint density at radius 1 is 1.33 bits per heavy atom. The fourth-order valence-corrected chi connectivity index (χ4v) is 2.11. The second kappa shape index (κ2) is 5.98. The van der Waals surface area contributed by atoms with Gasteiger partial charge in [-0.2, -0.15) is 0 Å². The minimum absolute atomic E-state index is 0.189. The van der Waals surface area contributed by atoms with Crippen LogP contribution in [0.2, 0.25) is 0 Å². The number of aliphatic hydroxyl groups excluding tert-OH is 1. The number of aromatic nitrogens is 2. The molecule has 4 heteroatoms. The number of H-pyrrole nitrogens is 1. The molecule has 1 aromatic carbocycles. The van der Waals surface area contributed by atoms with E-state index in [1.807, 2.05) is 0 Å². The van der Waals surface area contributed by atoms with Crippen LogP contribution in [0.5, 0.6) is 0 Å². The van der Waals surface area contributed by atoms with Crippen LogP contribution in [0.3, 0.4) is 0 Å². The molecule has 0 unspecified atom stereocenters. The molecule has 1 heterocycles. The van der Waals surface area contributed by atoms with Crippen molar-refractivity contribution in [3.05, 3.63) is 29.6 Å². The van der Waals surface area contributed by atoms with Crippen molar-refractivity contribution in [3.8, 4) is 0 Å². The molecule has 2 rings (SSSR count). The zero-order valence-corrected chi connectivity index (χ0v) is 11.1. The summed E-state index contributed by atoms with van der Waals surface area (Å²) in [6.45, 7) is 6.79. The molecule has 1 aromatic heterocycles. The fraction of sp³-hybridized carbons (Fsp3) is 0.500. The third kappa shape index (κ3) is 2.89. The highest BCUT2D eigenvalue weighted by Gasteiger charge is 2.07. The highest BCUT2D eigenvalue weighted by molar-refractivity contribution is 5.75. The van der Waals surface area contributed by atoms with Gasteiger partial charge in [0.05, 0.1) is 24.2 Å². The first-order chi connectivity index (χ1) is 8.76. The van der Waals surface area contributed by atoms with E-state index in [0.717, 1.165) is 36.4 Å². The summed E-state index contributed by atoms with van der Waals surface area (Å²) in [4.78, 5) is 10.1. The van der Waals surface area contributed by atoms with Gasteiger partial charge in [-0.25, -0.2) is 4.98 Å². The van der Waals surface area contributed by atoms with Crippen LogP contribution in [0.4, 0.5) is 0 Å². The first-order valence-electron chi connectivity index (χ1n) is 6.57. The first-order valence-corrected chi connectivity index (χ1v) is 6.57. The molecule has 0 amide bonds. The Morgan fingerprint density at radius 2 is 2.17 bits per heavy atom. The van der Waals surface area contributed by atoms with Gasteiger partial charge in [0.1, 0.15) is 5.82 Å². The number of nitrogens with one attached hydrogen (secondary N) is 1. The fourth-order valence-electron chi connectivity index (χ4n) is 2.11. The molecule has 0 saturated heterocycles. The van der Waals surface area contributed by atoms with Gasteiger partial charge in [-0.05, 0) is 30.7 Å². The van der Waals surface area contributed by atoms with E-state index in [9.17, 15) is 0 Å². The van der Waals surface area contributed by atoms with Crippen LogP contribution < -0.4 is 0 Å². The summed E-state index contributed by atoms with van der Waals surface area (Å²) in [5.74, 6) is 0.966. The van der Waals surface area contributed by atoms with Crippen molar-refractivity contribution in [2.75, 3.05) is 19.7 Å². The van der Waals surface area contributed by atoms with E-state index < -0.39 is 0 Å². The topological polar surface area (TPSA) is 52.1 Å². The largest absolute Gasteiger partial charge is 0.395 e. The van der Waals surface area contributed by atoms with E-state index in [4.69, 9.17) is 5.11 Å². The minimum atomic E-state index is 0.189. The van der Waals surface area contributed by atoms with Crippen LogP contribution in [-0.4, -0.2) is 39.7 Å². The van der Waals surface area contributed by atoms with Crippen LogP contribution in [0.1, 0.15) is 25.2 Å². The lowest BCUT2D eigenvalue weighted by molar-refractivity contribution is 0.194. The Hall–Kier alpha value is -1.39. The smallest absolute Gasteiger partial charge is 0.121 e. The van der Waals surface area contributed by atoms with Crippen molar-refractivity contribution in [2.24, 2.45) is 0 Å². The van der Waals surface area contributed by atoms with Gasteiger partial charge < -0.3 is 10.1 Å². The molecular weight excluding hydrogens is 226 g/mol. The molecule has 0 saturated carbocycles. The van der Waals surface area contributed by atoms with Crippen molar-refractivity contribution in [1.82, 2.24) is 14.9 Å². The second-order valence-electron chi connectivity index (χ2n) is 4.48. The molecule has 2 N–H and O–H groups in total. The number of imidazole rings is 1. The maximum Gasteiger partial charge on any atom is 0.121 e. The van der Waals surface area contributed by atoms with Crippen LogP contribution in [0.25, 0.3) is 11.0 Å². The molecule has 0 bridgehead atoms. The average molecular weight is 247 g/mol. The van der Waals surface area contributed by atoms with Crippen LogP contribution in [0, 0.1) is 0 Å². The predicted octanol–water partition coefficient (Wildman–Crippen LogP) is 1.94. The standard InChI is InChI=1S/C14H21N3O/c1-3-11-5-6-12-13(9-11)16-14(15-12)10-17(4-2)7-8-18/h5-6,9,18H,3-4,7-8,10H2,1-2H3,(H,15,16).